The molecule has 0 aliphatic heterocycles. The van der Waals surface area contributed by atoms with Crippen molar-refractivity contribution in [1.29, 1.82) is 0 Å². The molecular weight excluding hydrogens is 236 g/mol. The molecule has 4 nitrogen and oxygen atoms in total. The Kier molecular flexibility index (Phi) is 1.94. The van der Waals surface area contributed by atoms with Crippen molar-refractivity contribution in [2.45, 2.75) is 0 Å². The second-order valence-corrected chi connectivity index (χ2v) is 4.66. The van der Waals surface area contributed by atoms with Gasteiger partial charge in [-0.25, -0.2) is 0 Å². The van der Waals surface area contributed by atoms with E-state index in [0.717, 1.165) is 33.4 Å². The van der Waals surface area contributed by atoms with Crippen LogP contribution in [0.2, 0.25) is 0 Å². The van der Waals surface area contributed by atoms with Crippen LogP contribution in [-0.2, 0) is 0 Å². The Labute approximate surface area is 109 Å². The zero-order valence-electron chi connectivity index (χ0n) is 10.1. The molecule has 0 aliphatic carbocycles. The average molecular weight is 248 g/mol. The van der Waals surface area contributed by atoms with Gasteiger partial charge in [-0.2, -0.15) is 5.10 Å². The first kappa shape index (κ1) is 10.2. The third-order valence-electron chi connectivity index (χ3n) is 3.41. The lowest BCUT2D eigenvalue weighted by molar-refractivity contribution is 1.12. The number of nitrogens with two attached hydrogens (primary N) is 1. The molecule has 2 aromatic carbocycles. The number of benzene rings is 2. The minimum atomic E-state index is 0.740. The van der Waals surface area contributed by atoms with Crippen molar-refractivity contribution in [3.05, 3.63) is 48.7 Å². The number of nitrogens with one attached hydrogen (secondary N) is 2. The molecule has 0 unspecified atom stereocenters. The van der Waals surface area contributed by atoms with Crippen LogP contribution in [0, 0.1) is 0 Å². The summed E-state index contributed by atoms with van der Waals surface area (Å²) in [5.41, 5.74) is 10.7. The Balaban J connectivity index is 1.97. The van der Waals surface area contributed by atoms with Crippen molar-refractivity contribution < 1.29 is 0 Å². The number of nitrogens with zero attached hydrogens (tertiary/aromatic N) is 1. The maximum atomic E-state index is 5.78. The number of anilines is 1. The minimum absolute atomic E-state index is 0.740. The van der Waals surface area contributed by atoms with Crippen molar-refractivity contribution in [3.63, 3.8) is 0 Å². The Morgan fingerprint density at radius 1 is 0.947 bits per heavy atom. The van der Waals surface area contributed by atoms with E-state index in [2.05, 4.69) is 39.4 Å². The molecule has 0 bridgehead atoms. The molecule has 0 radical (unpaired) electrons. The van der Waals surface area contributed by atoms with Gasteiger partial charge >= 0.3 is 0 Å². The van der Waals surface area contributed by atoms with Crippen LogP contribution < -0.4 is 5.73 Å². The van der Waals surface area contributed by atoms with Gasteiger partial charge in [-0.1, -0.05) is 6.07 Å². The smallest absolute Gasteiger partial charge is 0.0999 e. The third kappa shape index (κ3) is 1.50. The van der Waals surface area contributed by atoms with Crippen LogP contribution in [0.1, 0.15) is 0 Å². The molecule has 92 valence electrons. The predicted molar refractivity (Wildman–Crippen MR) is 77.8 cm³/mol. The van der Waals surface area contributed by atoms with Crippen molar-refractivity contribution in [3.8, 4) is 11.3 Å². The second kappa shape index (κ2) is 3.62. The molecule has 4 heteroatoms. The standard InChI is InChI=1S/C15H12N4/c16-11-2-3-12-14(8-11)18-19-15(12)10-1-4-13-9(7-10)5-6-17-13/h1-8,17H,16H2,(H,18,19). The van der Waals surface area contributed by atoms with Crippen molar-refractivity contribution in [1.82, 2.24) is 15.2 Å². The highest BCUT2D eigenvalue weighted by molar-refractivity contribution is 5.96. The summed E-state index contributed by atoms with van der Waals surface area (Å²) in [5, 5.41) is 9.71. The quantitative estimate of drug-likeness (QED) is 0.452. The lowest BCUT2D eigenvalue weighted by atomic mass is 10.1. The van der Waals surface area contributed by atoms with Crippen LogP contribution in [-0.4, -0.2) is 15.2 Å². The first-order valence-electron chi connectivity index (χ1n) is 6.12. The first-order valence-corrected chi connectivity index (χ1v) is 6.12. The molecule has 4 aromatic rings. The zero-order chi connectivity index (χ0) is 12.8. The van der Waals surface area contributed by atoms with Crippen molar-refractivity contribution in [2.24, 2.45) is 0 Å². The molecule has 2 heterocycles. The molecule has 0 atom stereocenters. The Morgan fingerprint density at radius 2 is 1.89 bits per heavy atom. The number of rotatable bonds is 1. The summed E-state index contributed by atoms with van der Waals surface area (Å²) < 4.78 is 0. The Hall–Kier alpha value is -2.75. The highest BCUT2D eigenvalue weighted by atomic mass is 15.1. The molecule has 0 amide bonds. The fourth-order valence-electron chi connectivity index (χ4n) is 2.46. The largest absolute Gasteiger partial charge is 0.399 e. The van der Waals surface area contributed by atoms with E-state index in [1.165, 1.54) is 5.39 Å². The number of hydrogen-bond donors (Lipinski definition) is 3. The molecule has 0 saturated heterocycles. The van der Waals surface area contributed by atoms with E-state index in [9.17, 15) is 0 Å². The van der Waals surface area contributed by atoms with Crippen molar-refractivity contribution >= 4 is 27.5 Å². The number of aromatic amines is 2. The maximum absolute atomic E-state index is 5.78. The van der Waals surface area contributed by atoms with Crippen LogP contribution in [0.5, 0.6) is 0 Å². The third-order valence-corrected chi connectivity index (χ3v) is 3.41. The fraction of sp³-hybridized carbons (Fsp3) is 0. The highest BCUT2D eigenvalue weighted by Crippen LogP contribution is 2.29. The lowest BCUT2D eigenvalue weighted by Gasteiger charge is -1.99. The van der Waals surface area contributed by atoms with Crippen LogP contribution in [0.25, 0.3) is 33.1 Å². The van der Waals surface area contributed by atoms with E-state index in [-0.39, 0.29) is 0 Å². The SMILES string of the molecule is Nc1ccc2c(-c3ccc4[nH]ccc4c3)n[nH]c2c1. The molecule has 0 fully saturated rings. The molecule has 4 N–H and O–H groups in total. The van der Waals surface area contributed by atoms with Gasteiger partial charge in [0.1, 0.15) is 0 Å². The molecule has 4 rings (SSSR count). The number of H-pyrrole nitrogens is 2. The van der Waals surface area contributed by atoms with E-state index in [1.807, 2.05) is 24.4 Å². The molecule has 19 heavy (non-hydrogen) atoms. The monoisotopic (exact) mass is 248 g/mol. The topological polar surface area (TPSA) is 70.5 Å². The normalized spacial score (nSPS) is 11.4. The highest BCUT2D eigenvalue weighted by Gasteiger charge is 2.08. The van der Waals surface area contributed by atoms with E-state index in [4.69, 9.17) is 5.73 Å². The van der Waals surface area contributed by atoms with E-state index >= 15 is 0 Å². The Morgan fingerprint density at radius 3 is 2.84 bits per heavy atom. The van der Waals surface area contributed by atoms with Crippen LogP contribution in [0.15, 0.2) is 48.7 Å². The van der Waals surface area contributed by atoms with Gasteiger partial charge in [0.2, 0.25) is 0 Å². The summed E-state index contributed by atoms with van der Waals surface area (Å²) in [7, 11) is 0. The summed E-state index contributed by atoms with van der Waals surface area (Å²) in [6.07, 6.45) is 1.94. The van der Waals surface area contributed by atoms with E-state index in [0.29, 0.717) is 0 Å². The summed E-state index contributed by atoms with van der Waals surface area (Å²) in [5.74, 6) is 0. The van der Waals surface area contributed by atoms with Gasteiger partial charge < -0.3 is 10.7 Å². The summed E-state index contributed by atoms with van der Waals surface area (Å²) in [6.45, 7) is 0. The van der Waals surface area contributed by atoms with Crippen LogP contribution in [0.3, 0.4) is 0 Å². The van der Waals surface area contributed by atoms with Crippen LogP contribution >= 0.6 is 0 Å². The number of nitrogen functional groups attached to an aromatic ring is 1. The molecule has 0 aliphatic rings. The van der Waals surface area contributed by atoms with Gasteiger partial charge in [0.25, 0.3) is 0 Å². The van der Waals surface area contributed by atoms with Gasteiger partial charge in [0, 0.05) is 33.7 Å². The fourth-order valence-corrected chi connectivity index (χ4v) is 2.46. The number of aromatic nitrogens is 3. The van der Waals surface area contributed by atoms with Gasteiger partial charge in [0.05, 0.1) is 11.2 Å². The van der Waals surface area contributed by atoms with Gasteiger partial charge in [-0.05, 0) is 36.4 Å². The van der Waals surface area contributed by atoms with E-state index < -0.39 is 0 Å². The Bertz CT molecular complexity index is 885. The first-order chi connectivity index (χ1) is 9.31. The minimum Gasteiger partial charge on any atom is -0.399 e. The van der Waals surface area contributed by atoms with E-state index in [1.54, 1.807) is 0 Å². The summed E-state index contributed by atoms with van der Waals surface area (Å²) in [4.78, 5) is 3.19. The predicted octanol–water partition coefficient (Wildman–Crippen LogP) is 3.29. The van der Waals surface area contributed by atoms with Gasteiger partial charge in [-0.3, -0.25) is 5.10 Å². The number of hydrogen-bond acceptors (Lipinski definition) is 2. The molecule has 0 saturated carbocycles. The van der Waals surface area contributed by atoms with Gasteiger partial charge in [0.15, 0.2) is 0 Å². The molecule has 2 aromatic heterocycles. The van der Waals surface area contributed by atoms with Crippen LogP contribution in [0.4, 0.5) is 5.69 Å². The molecular formula is C15H12N4. The summed E-state index contributed by atoms with van der Waals surface area (Å²) in [6, 6.07) is 14.2. The zero-order valence-corrected chi connectivity index (χ0v) is 10.1. The lowest BCUT2D eigenvalue weighted by Crippen LogP contribution is -1.83. The second-order valence-electron chi connectivity index (χ2n) is 4.66. The van der Waals surface area contributed by atoms with Crippen molar-refractivity contribution in [2.75, 3.05) is 5.73 Å². The van der Waals surface area contributed by atoms with Gasteiger partial charge in [-0.15, -0.1) is 0 Å². The maximum Gasteiger partial charge on any atom is 0.0999 e. The molecule has 0 spiro atoms. The summed E-state index contributed by atoms with van der Waals surface area (Å²) >= 11 is 0. The average Bonchev–Trinajstić information content (AvgIpc) is 3.02. The number of fused-ring (bicyclic) bond motifs is 2.